The Morgan fingerprint density at radius 2 is 1.75 bits per heavy atom. The Hall–Kier alpha value is -1.42. The predicted molar refractivity (Wildman–Crippen MR) is 80.1 cm³/mol. The first-order chi connectivity index (χ1) is 9.58. The van der Waals surface area contributed by atoms with E-state index < -0.39 is 6.10 Å². The van der Waals surface area contributed by atoms with Gasteiger partial charge in [-0.15, -0.1) is 0 Å². The van der Waals surface area contributed by atoms with Gasteiger partial charge in [0.2, 0.25) is 0 Å². The zero-order valence-corrected chi connectivity index (χ0v) is 12.6. The van der Waals surface area contributed by atoms with Crippen LogP contribution >= 0.6 is 23.2 Å². The van der Waals surface area contributed by atoms with E-state index in [-0.39, 0.29) is 0 Å². The van der Waals surface area contributed by atoms with Crippen LogP contribution < -0.4 is 9.47 Å². The summed E-state index contributed by atoms with van der Waals surface area (Å²) in [6, 6.07) is 10.3. The summed E-state index contributed by atoms with van der Waals surface area (Å²) >= 11 is 12.1. The molecule has 106 valence electrons. The highest BCUT2D eigenvalue weighted by molar-refractivity contribution is 6.42. The van der Waals surface area contributed by atoms with Crippen LogP contribution in [0.1, 0.15) is 17.2 Å². The van der Waals surface area contributed by atoms with Crippen molar-refractivity contribution in [3.05, 3.63) is 57.6 Å². The lowest BCUT2D eigenvalue weighted by atomic mass is 10.0. The van der Waals surface area contributed by atoms with Gasteiger partial charge in [-0.05, 0) is 18.2 Å². The predicted octanol–water partition coefficient (Wildman–Crippen LogP) is 4.09. The Labute approximate surface area is 127 Å². The third-order valence-electron chi connectivity index (χ3n) is 3.01. The summed E-state index contributed by atoms with van der Waals surface area (Å²) in [5.41, 5.74) is 1.13. The topological polar surface area (TPSA) is 38.7 Å². The van der Waals surface area contributed by atoms with Crippen molar-refractivity contribution < 1.29 is 14.6 Å². The van der Waals surface area contributed by atoms with Gasteiger partial charge in [0.1, 0.15) is 17.6 Å². The van der Waals surface area contributed by atoms with Gasteiger partial charge in [0.05, 0.1) is 24.3 Å². The molecule has 3 nitrogen and oxygen atoms in total. The molecule has 0 saturated heterocycles. The molecule has 0 heterocycles. The van der Waals surface area contributed by atoms with Gasteiger partial charge in [0.25, 0.3) is 0 Å². The lowest BCUT2D eigenvalue weighted by Gasteiger charge is -2.17. The van der Waals surface area contributed by atoms with Crippen LogP contribution in [0.25, 0.3) is 0 Å². The average Bonchev–Trinajstić information content (AvgIpc) is 2.48. The van der Waals surface area contributed by atoms with Crippen molar-refractivity contribution in [3.8, 4) is 11.5 Å². The second-order valence-electron chi connectivity index (χ2n) is 4.15. The van der Waals surface area contributed by atoms with Crippen molar-refractivity contribution in [2.24, 2.45) is 0 Å². The summed E-state index contributed by atoms with van der Waals surface area (Å²) in [4.78, 5) is 0. The van der Waals surface area contributed by atoms with Gasteiger partial charge in [-0.2, -0.15) is 0 Å². The summed E-state index contributed by atoms with van der Waals surface area (Å²) in [6.07, 6.45) is -0.929. The maximum Gasteiger partial charge on any atom is 0.128 e. The fraction of sp³-hybridized carbons (Fsp3) is 0.200. The van der Waals surface area contributed by atoms with E-state index in [1.54, 1.807) is 43.5 Å². The van der Waals surface area contributed by atoms with Crippen LogP contribution in [0.3, 0.4) is 0 Å². The Balaban J connectivity index is 2.47. The normalized spacial score (nSPS) is 12.1. The summed E-state index contributed by atoms with van der Waals surface area (Å²) in [6.45, 7) is 0. The quantitative estimate of drug-likeness (QED) is 0.924. The standard InChI is InChI=1S/C15H14Cl2O3/c1-19-9-6-7-10(13(8-9)20-2)15(18)11-4-3-5-12(16)14(11)17/h3-8,15,18H,1-2H3. The van der Waals surface area contributed by atoms with Crippen LogP contribution in [0.2, 0.25) is 10.0 Å². The van der Waals surface area contributed by atoms with Crippen molar-refractivity contribution in [3.63, 3.8) is 0 Å². The Morgan fingerprint density at radius 3 is 2.40 bits per heavy atom. The second-order valence-corrected chi connectivity index (χ2v) is 4.94. The molecule has 2 aromatic carbocycles. The van der Waals surface area contributed by atoms with Crippen molar-refractivity contribution in [1.82, 2.24) is 0 Å². The minimum absolute atomic E-state index is 0.333. The minimum Gasteiger partial charge on any atom is -0.497 e. The van der Waals surface area contributed by atoms with Crippen molar-refractivity contribution >= 4 is 23.2 Å². The van der Waals surface area contributed by atoms with E-state index in [4.69, 9.17) is 32.7 Å². The maximum atomic E-state index is 10.5. The minimum atomic E-state index is -0.929. The number of rotatable bonds is 4. The van der Waals surface area contributed by atoms with Crippen LogP contribution in [-0.4, -0.2) is 19.3 Å². The number of benzene rings is 2. The van der Waals surface area contributed by atoms with E-state index in [9.17, 15) is 5.11 Å². The molecule has 5 heteroatoms. The molecule has 0 aliphatic carbocycles. The maximum absolute atomic E-state index is 10.5. The highest BCUT2D eigenvalue weighted by Crippen LogP contribution is 2.37. The number of halogens is 2. The molecular weight excluding hydrogens is 299 g/mol. The van der Waals surface area contributed by atoms with Crippen LogP contribution in [0.4, 0.5) is 0 Å². The Morgan fingerprint density at radius 1 is 1.00 bits per heavy atom. The molecule has 1 atom stereocenters. The third-order valence-corrected chi connectivity index (χ3v) is 3.84. The van der Waals surface area contributed by atoms with Gasteiger partial charge >= 0.3 is 0 Å². The lowest BCUT2D eigenvalue weighted by molar-refractivity contribution is 0.214. The Bertz CT molecular complexity index is 614. The molecule has 0 spiro atoms. The van der Waals surface area contributed by atoms with E-state index in [1.165, 1.54) is 7.11 Å². The lowest BCUT2D eigenvalue weighted by Crippen LogP contribution is -2.03. The largest absolute Gasteiger partial charge is 0.497 e. The van der Waals surface area contributed by atoms with Crippen molar-refractivity contribution in [1.29, 1.82) is 0 Å². The fourth-order valence-electron chi connectivity index (χ4n) is 1.94. The SMILES string of the molecule is COc1ccc(C(O)c2cccc(Cl)c2Cl)c(OC)c1. The zero-order chi connectivity index (χ0) is 14.7. The first-order valence-corrected chi connectivity index (χ1v) is 6.68. The highest BCUT2D eigenvalue weighted by Gasteiger charge is 2.19. The van der Waals surface area contributed by atoms with Crippen LogP contribution in [-0.2, 0) is 0 Å². The molecule has 1 unspecified atom stereocenters. The van der Waals surface area contributed by atoms with Gasteiger partial charge in [0.15, 0.2) is 0 Å². The van der Waals surface area contributed by atoms with Gasteiger partial charge in [-0.3, -0.25) is 0 Å². The van der Waals surface area contributed by atoms with E-state index in [0.29, 0.717) is 32.7 Å². The summed E-state index contributed by atoms with van der Waals surface area (Å²) in [5.74, 6) is 1.17. The summed E-state index contributed by atoms with van der Waals surface area (Å²) < 4.78 is 10.4. The zero-order valence-electron chi connectivity index (χ0n) is 11.1. The van der Waals surface area contributed by atoms with E-state index >= 15 is 0 Å². The molecule has 0 radical (unpaired) electrons. The van der Waals surface area contributed by atoms with Gasteiger partial charge in [0, 0.05) is 17.2 Å². The van der Waals surface area contributed by atoms with Crippen molar-refractivity contribution in [2.45, 2.75) is 6.10 Å². The number of hydrogen-bond acceptors (Lipinski definition) is 3. The molecule has 0 aliphatic rings. The summed E-state index contributed by atoms with van der Waals surface area (Å²) in [5, 5.41) is 11.2. The van der Waals surface area contributed by atoms with E-state index in [0.717, 1.165) is 0 Å². The number of hydrogen-bond donors (Lipinski definition) is 1. The van der Waals surface area contributed by atoms with E-state index in [2.05, 4.69) is 0 Å². The molecule has 1 N–H and O–H groups in total. The van der Waals surface area contributed by atoms with Crippen molar-refractivity contribution in [2.75, 3.05) is 14.2 Å². The van der Waals surface area contributed by atoms with Gasteiger partial charge in [-0.25, -0.2) is 0 Å². The molecule has 20 heavy (non-hydrogen) atoms. The van der Waals surface area contributed by atoms with Crippen LogP contribution in [0.5, 0.6) is 11.5 Å². The molecule has 0 amide bonds. The molecule has 0 aliphatic heterocycles. The monoisotopic (exact) mass is 312 g/mol. The highest BCUT2D eigenvalue weighted by atomic mass is 35.5. The molecule has 2 rings (SSSR count). The molecule has 0 aromatic heterocycles. The molecule has 0 saturated carbocycles. The smallest absolute Gasteiger partial charge is 0.128 e. The number of methoxy groups -OCH3 is 2. The molecular formula is C15H14Cl2O3. The van der Waals surface area contributed by atoms with Gasteiger partial charge in [-0.1, -0.05) is 35.3 Å². The number of ether oxygens (including phenoxy) is 2. The molecule has 2 aromatic rings. The third kappa shape index (κ3) is 2.85. The first-order valence-electron chi connectivity index (χ1n) is 5.92. The average molecular weight is 313 g/mol. The number of aliphatic hydroxyl groups is 1. The second kappa shape index (κ2) is 6.35. The van der Waals surface area contributed by atoms with Crippen LogP contribution in [0, 0.1) is 0 Å². The van der Waals surface area contributed by atoms with Gasteiger partial charge < -0.3 is 14.6 Å². The molecule has 0 bridgehead atoms. The Kier molecular flexibility index (Phi) is 4.76. The molecule has 0 fully saturated rings. The van der Waals surface area contributed by atoms with Crippen LogP contribution in [0.15, 0.2) is 36.4 Å². The first kappa shape index (κ1) is 15.0. The number of aliphatic hydroxyl groups excluding tert-OH is 1. The van der Waals surface area contributed by atoms with E-state index in [1.807, 2.05) is 0 Å². The summed E-state index contributed by atoms with van der Waals surface area (Å²) in [7, 11) is 3.10. The fourth-order valence-corrected chi connectivity index (χ4v) is 2.35.